The Morgan fingerprint density at radius 2 is 1.67 bits per heavy atom. The summed E-state index contributed by atoms with van der Waals surface area (Å²) in [6.07, 6.45) is 3.85. The van der Waals surface area contributed by atoms with Gasteiger partial charge in [-0.15, -0.1) is 0 Å². The number of hydrogen-bond acceptors (Lipinski definition) is 2. The van der Waals surface area contributed by atoms with Gasteiger partial charge in [-0.05, 0) is 17.8 Å². The van der Waals surface area contributed by atoms with Gasteiger partial charge < -0.3 is 0 Å². The molecule has 0 aromatic carbocycles. The van der Waals surface area contributed by atoms with Crippen LogP contribution in [0.1, 0.15) is 53.9 Å². The zero-order valence-electron chi connectivity index (χ0n) is 11.1. The van der Waals surface area contributed by atoms with Crippen molar-refractivity contribution in [3.63, 3.8) is 0 Å². The molecule has 0 spiro atoms. The van der Waals surface area contributed by atoms with Crippen LogP contribution < -0.4 is 10.6 Å². The van der Waals surface area contributed by atoms with Gasteiger partial charge in [-0.1, -0.05) is 47.5 Å². The Balaban J connectivity index is 2.88. The molecule has 0 radical (unpaired) electrons. The second-order valence-corrected chi connectivity index (χ2v) is 5.81. The molecule has 1 aliphatic rings. The van der Waals surface area contributed by atoms with E-state index in [2.05, 4.69) is 45.3 Å². The van der Waals surface area contributed by atoms with Crippen molar-refractivity contribution in [2.75, 3.05) is 13.1 Å². The minimum absolute atomic E-state index is 0.151. The molecule has 15 heavy (non-hydrogen) atoms. The van der Waals surface area contributed by atoms with Crippen LogP contribution in [0.2, 0.25) is 0 Å². The molecular weight excluding hydrogens is 184 g/mol. The first-order valence-corrected chi connectivity index (χ1v) is 6.48. The van der Waals surface area contributed by atoms with Crippen molar-refractivity contribution in [1.29, 1.82) is 0 Å². The predicted octanol–water partition coefficient (Wildman–Crippen LogP) is 2.75. The van der Waals surface area contributed by atoms with E-state index < -0.39 is 0 Å². The summed E-state index contributed by atoms with van der Waals surface area (Å²) in [5.74, 6) is 0.741. The van der Waals surface area contributed by atoms with Crippen LogP contribution in [0.25, 0.3) is 0 Å². The lowest BCUT2D eigenvalue weighted by atomic mass is 9.70. The van der Waals surface area contributed by atoms with Crippen LogP contribution in [0, 0.1) is 11.3 Å². The van der Waals surface area contributed by atoms with Crippen molar-refractivity contribution in [2.45, 2.75) is 59.5 Å². The van der Waals surface area contributed by atoms with Crippen LogP contribution in [0.3, 0.4) is 0 Å². The number of rotatable bonds is 4. The maximum atomic E-state index is 3.73. The van der Waals surface area contributed by atoms with Crippen LogP contribution in [-0.4, -0.2) is 18.8 Å². The van der Waals surface area contributed by atoms with Crippen LogP contribution in [0.5, 0.6) is 0 Å². The molecule has 2 nitrogen and oxygen atoms in total. The van der Waals surface area contributed by atoms with Gasteiger partial charge >= 0.3 is 0 Å². The Labute approximate surface area is 95.2 Å². The Hall–Kier alpha value is -0.0800. The molecule has 0 saturated carbocycles. The van der Waals surface area contributed by atoms with Gasteiger partial charge in [0.2, 0.25) is 0 Å². The summed E-state index contributed by atoms with van der Waals surface area (Å²) in [5, 5.41) is 7.47. The molecule has 1 unspecified atom stereocenters. The maximum absolute atomic E-state index is 3.73. The molecule has 1 aliphatic heterocycles. The largest absolute Gasteiger partial charge is 0.297 e. The Kier molecular flexibility index (Phi) is 4.19. The van der Waals surface area contributed by atoms with Crippen LogP contribution in [0.15, 0.2) is 0 Å². The van der Waals surface area contributed by atoms with E-state index in [-0.39, 0.29) is 11.1 Å². The van der Waals surface area contributed by atoms with Gasteiger partial charge in [0.25, 0.3) is 0 Å². The van der Waals surface area contributed by atoms with Crippen molar-refractivity contribution in [1.82, 2.24) is 10.6 Å². The monoisotopic (exact) mass is 212 g/mol. The third kappa shape index (κ3) is 2.36. The van der Waals surface area contributed by atoms with Crippen LogP contribution in [0.4, 0.5) is 0 Å². The highest BCUT2D eigenvalue weighted by molar-refractivity contribution is 5.03. The highest BCUT2D eigenvalue weighted by Gasteiger charge is 2.48. The van der Waals surface area contributed by atoms with Crippen molar-refractivity contribution in [3.05, 3.63) is 0 Å². The fourth-order valence-corrected chi connectivity index (χ4v) is 3.09. The molecule has 1 saturated heterocycles. The standard InChI is InChI=1S/C13H28N2/c1-6-8-11(7-2)13(12(3,4)5)14-9-10-15-13/h11,14-15H,6-10H2,1-5H3. The minimum atomic E-state index is 0.151. The molecule has 0 bridgehead atoms. The fourth-order valence-electron chi connectivity index (χ4n) is 3.09. The average molecular weight is 212 g/mol. The Bertz CT molecular complexity index is 187. The lowest BCUT2D eigenvalue weighted by molar-refractivity contribution is 0.0563. The van der Waals surface area contributed by atoms with Crippen molar-refractivity contribution < 1.29 is 0 Å². The van der Waals surface area contributed by atoms with E-state index in [1.54, 1.807) is 0 Å². The van der Waals surface area contributed by atoms with Crippen molar-refractivity contribution >= 4 is 0 Å². The third-order valence-corrected chi connectivity index (χ3v) is 3.86. The molecule has 0 aromatic rings. The van der Waals surface area contributed by atoms with Crippen molar-refractivity contribution in [2.24, 2.45) is 11.3 Å². The summed E-state index contributed by atoms with van der Waals surface area (Å²) in [5.41, 5.74) is 0.428. The molecule has 2 heteroatoms. The molecule has 0 amide bonds. The molecule has 90 valence electrons. The van der Waals surface area contributed by atoms with E-state index in [1.165, 1.54) is 19.3 Å². The second-order valence-electron chi connectivity index (χ2n) is 5.81. The number of nitrogens with one attached hydrogen (secondary N) is 2. The summed E-state index contributed by atoms with van der Waals surface area (Å²) >= 11 is 0. The third-order valence-electron chi connectivity index (χ3n) is 3.86. The maximum Gasteiger partial charge on any atom is 0.0766 e. The first-order chi connectivity index (χ1) is 6.98. The van der Waals surface area contributed by atoms with Gasteiger partial charge in [-0.3, -0.25) is 10.6 Å². The van der Waals surface area contributed by atoms with Crippen molar-refractivity contribution in [3.8, 4) is 0 Å². The minimum Gasteiger partial charge on any atom is -0.297 e. The smallest absolute Gasteiger partial charge is 0.0766 e. The fraction of sp³-hybridized carbons (Fsp3) is 1.00. The van der Waals surface area contributed by atoms with Crippen LogP contribution in [-0.2, 0) is 0 Å². The molecule has 0 aromatic heterocycles. The van der Waals surface area contributed by atoms with Gasteiger partial charge in [0.15, 0.2) is 0 Å². The zero-order valence-corrected chi connectivity index (χ0v) is 11.1. The molecule has 1 rings (SSSR count). The van der Waals surface area contributed by atoms with E-state index in [9.17, 15) is 0 Å². The lowest BCUT2D eigenvalue weighted by Crippen LogP contribution is -2.63. The number of hydrogen-bond donors (Lipinski definition) is 2. The Morgan fingerprint density at radius 1 is 1.13 bits per heavy atom. The zero-order chi connectivity index (χ0) is 11.5. The Morgan fingerprint density at radius 3 is 2.00 bits per heavy atom. The van der Waals surface area contributed by atoms with E-state index in [0.29, 0.717) is 0 Å². The normalized spacial score (nSPS) is 23.0. The predicted molar refractivity (Wildman–Crippen MR) is 66.9 cm³/mol. The van der Waals surface area contributed by atoms with Crippen LogP contribution >= 0.6 is 0 Å². The topological polar surface area (TPSA) is 24.1 Å². The summed E-state index contributed by atoms with van der Waals surface area (Å²) in [7, 11) is 0. The summed E-state index contributed by atoms with van der Waals surface area (Å²) in [4.78, 5) is 0. The van der Waals surface area contributed by atoms with Gasteiger partial charge in [-0.25, -0.2) is 0 Å². The first kappa shape index (κ1) is 13.0. The molecule has 0 aliphatic carbocycles. The SMILES string of the molecule is CCCC(CC)C1(C(C)(C)C)NCCN1. The second kappa shape index (κ2) is 4.84. The molecule has 1 atom stereocenters. The average Bonchev–Trinajstić information content (AvgIpc) is 2.62. The summed E-state index contributed by atoms with van der Waals surface area (Å²) in [6.45, 7) is 13.8. The van der Waals surface area contributed by atoms with E-state index >= 15 is 0 Å². The lowest BCUT2D eigenvalue weighted by Gasteiger charge is -2.48. The van der Waals surface area contributed by atoms with Gasteiger partial charge in [0, 0.05) is 13.1 Å². The van der Waals surface area contributed by atoms with E-state index in [0.717, 1.165) is 19.0 Å². The molecule has 2 N–H and O–H groups in total. The van der Waals surface area contributed by atoms with E-state index in [4.69, 9.17) is 0 Å². The molecule has 1 heterocycles. The van der Waals surface area contributed by atoms with Gasteiger partial charge in [-0.2, -0.15) is 0 Å². The highest BCUT2D eigenvalue weighted by Crippen LogP contribution is 2.39. The quantitative estimate of drug-likeness (QED) is 0.749. The molecule has 1 fully saturated rings. The summed E-state index contributed by atoms with van der Waals surface area (Å²) in [6, 6.07) is 0. The molecular formula is C13H28N2. The van der Waals surface area contributed by atoms with Gasteiger partial charge in [0.1, 0.15) is 0 Å². The first-order valence-electron chi connectivity index (χ1n) is 6.48. The highest BCUT2D eigenvalue weighted by atomic mass is 15.3. The van der Waals surface area contributed by atoms with E-state index in [1.807, 2.05) is 0 Å². The summed E-state index contributed by atoms with van der Waals surface area (Å²) < 4.78 is 0. The van der Waals surface area contributed by atoms with Gasteiger partial charge in [0.05, 0.1) is 5.66 Å².